The topological polar surface area (TPSA) is 78.3 Å². The predicted molar refractivity (Wildman–Crippen MR) is 53.4 cm³/mol. The number of benzene rings is 1. The minimum Gasteiger partial charge on any atom is -0.375 e. The molecule has 0 saturated carbocycles. The first-order valence-corrected chi connectivity index (χ1v) is 4.29. The SMILES string of the molecule is CO[C@H](c1ccccc1)[C@@H](N)C(N)=O. The summed E-state index contributed by atoms with van der Waals surface area (Å²) in [6.07, 6.45) is -0.478. The predicted octanol–water partition coefficient (Wildman–Crippen LogP) is 0.187. The van der Waals surface area contributed by atoms with Crippen LogP contribution < -0.4 is 11.5 Å². The summed E-state index contributed by atoms with van der Waals surface area (Å²) in [4.78, 5) is 10.9. The van der Waals surface area contributed by atoms with Gasteiger partial charge < -0.3 is 16.2 Å². The van der Waals surface area contributed by atoms with Crippen LogP contribution in [0.1, 0.15) is 11.7 Å². The average molecular weight is 194 g/mol. The normalized spacial score (nSPS) is 14.7. The highest BCUT2D eigenvalue weighted by molar-refractivity contribution is 5.80. The van der Waals surface area contributed by atoms with Gasteiger partial charge in [-0.3, -0.25) is 4.79 Å². The first-order valence-electron chi connectivity index (χ1n) is 4.29. The highest BCUT2D eigenvalue weighted by Gasteiger charge is 2.23. The van der Waals surface area contributed by atoms with Crippen LogP contribution in [0.4, 0.5) is 0 Å². The minimum atomic E-state index is -0.817. The second kappa shape index (κ2) is 4.74. The van der Waals surface area contributed by atoms with E-state index in [0.717, 1.165) is 5.56 Å². The van der Waals surface area contributed by atoms with Crippen molar-refractivity contribution in [3.8, 4) is 0 Å². The maximum atomic E-state index is 10.9. The first kappa shape index (κ1) is 10.7. The molecular formula is C10H14N2O2. The van der Waals surface area contributed by atoms with Crippen molar-refractivity contribution >= 4 is 5.91 Å². The Hall–Kier alpha value is -1.39. The minimum absolute atomic E-state index is 0.478. The molecule has 0 heterocycles. The molecule has 0 fully saturated rings. The fourth-order valence-corrected chi connectivity index (χ4v) is 1.28. The number of ether oxygens (including phenoxy) is 1. The number of carbonyl (C=O) groups is 1. The lowest BCUT2D eigenvalue weighted by molar-refractivity contribution is -0.122. The number of hydrogen-bond donors (Lipinski definition) is 2. The van der Waals surface area contributed by atoms with Gasteiger partial charge in [0.1, 0.15) is 12.1 Å². The summed E-state index contributed by atoms with van der Waals surface area (Å²) in [5.74, 6) is -0.569. The molecule has 0 radical (unpaired) electrons. The van der Waals surface area contributed by atoms with Gasteiger partial charge in [-0.25, -0.2) is 0 Å². The van der Waals surface area contributed by atoms with Crippen LogP contribution in [0.2, 0.25) is 0 Å². The Kier molecular flexibility index (Phi) is 3.62. The lowest BCUT2D eigenvalue weighted by atomic mass is 10.0. The molecule has 2 atom stereocenters. The maximum absolute atomic E-state index is 10.9. The van der Waals surface area contributed by atoms with E-state index in [1.54, 1.807) is 0 Å². The Labute approximate surface area is 82.8 Å². The zero-order valence-corrected chi connectivity index (χ0v) is 8.01. The summed E-state index contributed by atoms with van der Waals surface area (Å²) >= 11 is 0. The van der Waals surface area contributed by atoms with Crippen molar-refractivity contribution in [3.63, 3.8) is 0 Å². The standard InChI is InChI=1S/C10H14N2O2/c1-14-9(8(11)10(12)13)7-5-3-2-4-6-7/h2-6,8-9H,11H2,1H3,(H2,12,13)/t8-,9-/m1/s1. The Bertz CT molecular complexity index is 300. The van der Waals surface area contributed by atoms with Gasteiger partial charge in [0.05, 0.1) is 0 Å². The molecule has 0 aliphatic rings. The van der Waals surface area contributed by atoms with Crippen molar-refractivity contribution in [2.75, 3.05) is 7.11 Å². The van der Waals surface area contributed by atoms with Crippen molar-refractivity contribution in [3.05, 3.63) is 35.9 Å². The van der Waals surface area contributed by atoms with Gasteiger partial charge in [0.15, 0.2) is 0 Å². The number of hydrogen-bond acceptors (Lipinski definition) is 3. The summed E-state index contributed by atoms with van der Waals surface area (Å²) < 4.78 is 5.13. The van der Waals surface area contributed by atoms with E-state index in [2.05, 4.69) is 0 Å². The van der Waals surface area contributed by atoms with Crippen molar-refractivity contribution in [1.29, 1.82) is 0 Å². The average Bonchev–Trinajstić information content (AvgIpc) is 2.20. The lowest BCUT2D eigenvalue weighted by Crippen LogP contribution is -2.42. The molecule has 4 N–H and O–H groups in total. The van der Waals surface area contributed by atoms with Gasteiger partial charge in [-0.2, -0.15) is 0 Å². The van der Waals surface area contributed by atoms with Gasteiger partial charge in [-0.05, 0) is 5.56 Å². The molecule has 0 saturated heterocycles. The second-order valence-corrected chi connectivity index (χ2v) is 3.00. The van der Waals surface area contributed by atoms with Crippen LogP contribution in [-0.4, -0.2) is 19.1 Å². The highest BCUT2D eigenvalue weighted by Crippen LogP contribution is 2.18. The van der Waals surface area contributed by atoms with E-state index < -0.39 is 18.1 Å². The van der Waals surface area contributed by atoms with E-state index in [4.69, 9.17) is 16.2 Å². The molecule has 0 unspecified atom stereocenters. The van der Waals surface area contributed by atoms with Crippen LogP contribution in [0.3, 0.4) is 0 Å². The zero-order valence-electron chi connectivity index (χ0n) is 8.01. The van der Waals surface area contributed by atoms with Gasteiger partial charge in [0.2, 0.25) is 5.91 Å². The van der Waals surface area contributed by atoms with E-state index >= 15 is 0 Å². The molecule has 0 spiro atoms. The van der Waals surface area contributed by atoms with Crippen LogP contribution in [-0.2, 0) is 9.53 Å². The largest absolute Gasteiger partial charge is 0.375 e. The molecule has 4 nitrogen and oxygen atoms in total. The molecule has 4 heteroatoms. The molecule has 0 aliphatic carbocycles. The van der Waals surface area contributed by atoms with Crippen LogP contribution in [0, 0.1) is 0 Å². The Morgan fingerprint density at radius 3 is 2.36 bits per heavy atom. The van der Waals surface area contributed by atoms with Crippen LogP contribution in [0.5, 0.6) is 0 Å². The van der Waals surface area contributed by atoms with E-state index in [9.17, 15) is 4.79 Å². The monoisotopic (exact) mass is 194 g/mol. The summed E-state index contributed by atoms with van der Waals surface area (Å²) in [5.41, 5.74) is 11.6. The number of carbonyl (C=O) groups excluding carboxylic acids is 1. The molecule has 1 amide bonds. The fourth-order valence-electron chi connectivity index (χ4n) is 1.28. The van der Waals surface area contributed by atoms with Crippen LogP contribution >= 0.6 is 0 Å². The van der Waals surface area contributed by atoms with E-state index in [-0.39, 0.29) is 0 Å². The molecular weight excluding hydrogens is 180 g/mol. The second-order valence-electron chi connectivity index (χ2n) is 3.00. The van der Waals surface area contributed by atoms with Crippen LogP contribution in [0.25, 0.3) is 0 Å². The summed E-state index contributed by atoms with van der Waals surface area (Å²) in [6.45, 7) is 0. The van der Waals surface area contributed by atoms with Crippen molar-refractivity contribution < 1.29 is 9.53 Å². The van der Waals surface area contributed by atoms with Gasteiger partial charge in [0.25, 0.3) is 0 Å². The third-order valence-electron chi connectivity index (χ3n) is 2.04. The van der Waals surface area contributed by atoms with Gasteiger partial charge in [-0.1, -0.05) is 30.3 Å². The summed E-state index contributed by atoms with van der Waals surface area (Å²) in [7, 11) is 1.50. The summed E-state index contributed by atoms with van der Waals surface area (Å²) in [5, 5.41) is 0. The van der Waals surface area contributed by atoms with Crippen molar-refractivity contribution in [1.82, 2.24) is 0 Å². The molecule has 1 rings (SSSR count). The molecule has 1 aromatic carbocycles. The maximum Gasteiger partial charge on any atom is 0.237 e. The zero-order chi connectivity index (χ0) is 10.6. The molecule has 76 valence electrons. The third kappa shape index (κ3) is 2.31. The number of primary amides is 1. The first-order chi connectivity index (χ1) is 6.66. The van der Waals surface area contributed by atoms with E-state index in [0.29, 0.717) is 0 Å². The molecule has 0 aliphatic heterocycles. The van der Waals surface area contributed by atoms with Crippen molar-refractivity contribution in [2.24, 2.45) is 11.5 Å². The smallest absolute Gasteiger partial charge is 0.237 e. The Morgan fingerprint density at radius 1 is 1.36 bits per heavy atom. The van der Waals surface area contributed by atoms with Gasteiger partial charge in [-0.15, -0.1) is 0 Å². The Morgan fingerprint density at radius 2 is 1.93 bits per heavy atom. The van der Waals surface area contributed by atoms with Gasteiger partial charge >= 0.3 is 0 Å². The number of nitrogens with two attached hydrogens (primary N) is 2. The number of amides is 1. The van der Waals surface area contributed by atoms with Crippen LogP contribution in [0.15, 0.2) is 30.3 Å². The highest BCUT2D eigenvalue weighted by atomic mass is 16.5. The molecule has 1 aromatic rings. The third-order valence-corrected chi connectivity index (χ3v) is 2.04. The van der Waals surface area contributed by atoms with E-state index in [1.807, 2.05) is 30.3 Å². The summed E-state index contributed by atoms with van der Waals surface area (Å²) in [6, 6.07) is 8.46. The fraction of sp³-hybridized carbons (Fsp3) is 0.300. The molecule has 0 bridgehead atoms. The number of rotatable bonds is 4. The molecule has 14 heavy (non-hydrogen) atoms. The van der Waals surface area contributed by atoms with E-state index in [1.165, 1.54) is 7.11 Å². The number of methoxy groups -OCH3 is 1. The molecule has 0 aromatic heterocycles. The lowest BCUT2D eigenvalue weighted by Gasteiger charge is -2.20. The van der Waals surface area contributed by atoms with Crippen molar-refractivity contribution in [2.45, 2.75) is 12.1 Å². The Balaban J connectivity index is 2.87. The quantitative estimate of drug-likeness (QED) is 0.718. The van der Waals surface area contributed by atoms with Gasteiger partial charge in [0, 0.05) is 7.11 Å².